The zero-order chi connectivity index (χ0) is 16.6. The van der Waals surface area contributed by atoms with Crippen LogP contribution in [0.5, 0.6) is 5.75 Å². The first-order chi connectivity index (χ1) is 10.9. The molecule has 0 bridgehead atoms. The summed E-state index contributed by atoms with van der Waals surface area (Å²) in [6, 6.07) is 6.52. The minimum absolute atomic E-state index is 0.0374. The van der Waals surface area contributed by atoms with Gasteiger partial charge in [0, 0.05) is 32.4 Å². The lowest BCUT2D eigenvalue weighted by Crippen LogP contribution is -2.20. The average molecular weight is 335 g/mol. The first kappa shape index (κ1) is 15.4. The lowest BCUT2D eigenvalue weighted by molar-refractivity contribution is 0.0955. The van der Waals surface area contributed by atoms with E-state index >= 15 is 0 Å². The van der Waals surface area contributed by atoms with E-state index in [1.165, 1.54) is 23.9 Å². The van der Waals surface area contributed by atoms with Gasteiger partial charge >= 0.3 is 0 Å². The molecular formula is C15H17N3O4S. The molecule has 0 unspecified atom stereocenters. The van der Waals surface area contributed by atoms with E-state index in [1.807, 2.05) is 0 Å². The Hall–Kier alpha value is -2.48. The third kappa shape index (κ3) is 2.89. The summed E-state index contributed by atoms with van der Waals surface area (Å²) in [7, 11) is -0.650. The molecule has 0 fully saturated rings. The summed E-state index contributed by atoms with van der Waals surface area (Å²) >= 11 is 0. The molecule has 122 valence electrons. The lowest BCUT2D eigenvalue weighted by Gasteiger charge is -2.07. The van der Waals surface area contributed by atoms with E-state index in [0.717, 1.165) is 17.7 Å². The molecule has 0 spiro atoms. The number of fused-ring (bicyclic) bond motifs is 1. The summed E-state index contributed by atoms with van der Waals surface area (Å²) in [5.74, 6) is 0.443. The van der Waals surface area contributed by atoms with Crippen LogP contribution in [0.1, 0.15) is 16.1 Å². The third-order valence-corrected chi connectivity index (χ3v) is 5.04. The number of hydrogen-bond donors (Lipinski definition) is 2. The molecule has 23 heavy (non-hydrogen) atoms. The highest BCUT2D eigenvalue weighted by Gasteiger charge is 2.21. The number of aromatic nitrogens is 1. The second kappa shape index (κ2) is 5.62. The maximum Gasteiger partial charge on any atom is 0.267 e. The molecule has 0 saturated heterocycles. The van der Waals surface area contributed by atoms with E-state index in [9.17, 15) is 13.2 Å². The first-order valence-corrected chi connectivity index (χ1v) is 8.56. The molecule has 0 atom stereocenters. The Morgan fingerprint density at radius 3 is 2.83 bits per heavy atom. The number of aryl methyl sites for hydroxylation is 1. The van der Waals surface area contributed by atoms with Crippen molar-refractivity contribution < 1.29 is 17.9 Å². The van der Waals surface area contributed by atoms with Crippen LogP contribution in [0.3, 0.4) is 0 Å². The Balaban J connectivity index is 1.89. The fourth-order valence-corrected chi connectivity index (χ4v) is 3.62. The van der Waals surface area contributed by atoms with Crippen molar-refractivity contribution in [2.45, 2.75) is 11.3 Å². The van der Waals surface area contributed by atoms with Crippen molar-refractivity contribution in [2.24, 2.45) is 7.05 Å². The highest BCUT2D eigenvalue weighted by molar-refractivity contribution is 7.92. The van der Waals surface area contributed by atoms with Gasteiger partial charge < -0.3 is 14.6 Å². The molecule has 1 amide bonds. The number of nitrogens with zero attached hydrogens (tertiary/aromatic N) is 1. The molecule has 2 N–H and O–H groups in total. The molecule has 1 aromatic carbocycles. The van der Waals surface area contributed by atoms with Crippen molar-refractivity contribution in [1.82, 2.24) is 9.88 Å². The third-order valence-electron chi connectivity index (χ3n) is 3.69. The van der Waals surface area contributed by atoms with E-state index in [4.69, 9.17) is 4.74 Å². The summed E-state index contributed by atoms with van der Waals surface area (Å²) in [4.78, 5) is 11.7. The van der Waals surface area contributed by atoms with Crippen molar-refractivity contribution in [1.29, 1.82) is 0 Å². The van der Waals surface area contributed by atoms with Gasteiger partial charge in [-0.1, -0.05) is 0 Å². The number of carbonyl (C=O) groups excluding carboxylic acids is 1. The van der Waals surface area contributed by atoms with E-state index in [2.05, 4.69) is 10.0 Å². The number of amides is 1. The number of rotatable bonds is 4. The fraction of sp³-hybridized carbons (Fsp3) is 0.267. The van der Waals surface area contributed by atoms with Gasteiger partial charge in [0.25, 0.3) is 15.9 Å². The number of nitrogens with one attached hydrogen (secondary N) is 2. The van der Waals surface area contributed by atoms with Gasteiger partial charge in [-0.2, -0.15) is 0 Å². The maximum absolute atomic E-state index is 12.5. The molecule has 0 aliphatic carbocycles. The predicted molar refractivity (Wildman–Crippen MR) is 85.3 cm³/mol. The highest BCUT2D eigenvalue weighted by atomic mass is 32.2. The molecule has 1 aliphatic rings. The monoisotopic (exact) mass is 335 g/mol. The predicted octanol–water partition coefficient (Wildman–Crippen LogP) is 1.12. The first-order valence-electron chi connectivity index (χ1n) is 7.08. The summed E-state index contributed by atoms with van der Waals surface area (Å²) in [6.45, 7) is 0.611. The van der Waals surface area contributed by atoms with E-state index in [-0.39, 0.29) is 16.5 Å². The topological polar surface area (TPSA) is 89.4 Å². The lowest BCUT2D eigenvalue weighted by atomic mass is 10.1. The molecule has 8 heteroatoms. The van der Waals surface area contributed by atoms with Crippen molar-refractivity contribution in [3.05, 3.63) is 41.7 Å². The van der Waals surface area contributed by atoms with Gasteiger partial charge in [-0.3, -0.25) is 9.52 Å². The number of anilines is 1. The van der Waals surface area contributed by atoms with Crippen molar-refractivity contribution in [2.75, 3.05) is 18.4 Å². The van der Waals surface area contributed by atoms with Gasteiger partial charge in [-0.05, 0) is 29.8 Å². The van der Waals surface area contributed by atoms with Crippen LogP contribution in [-0.2, 0) is 23.5 Å². The SMILES string of the molecule is CNC(=O)c1cc(S(=O)(=O)Nc2ccc3c(c2)CCO3)cn1C. The fourth-order valence-electron chi connectivity index (χ4n) is 2.50. The van der Waals surface area contributed by atoms with Crippen LogP contribution >= 0.6 is 0 Å². The molecule has 0 radical (unpaired) electrons. The van der Waals surface area contributed by atoms with Gasteiger partial charge in [0.1, 0.15) is 16.3 Å². The zero-order valence-corrected chi connectivity index (χ0v) is 13.6. The van der Waals surface area contributed by atoms with Crippen LogP contribution in [0, 0.1) is 0 Å². The Bertz CT molecular complexity index is 871. The second-order valence-corrected chi connectivity index (χ2v) is 6.96. The van der Waals surface area contributed by atoms with Gasteiger partial charge in [0.15, 0.2) is 0 Å². The van der Waals surface area contributed by atoms with Gasteiger partial charge in [0.2, 0.25) is 0 Å². The van der Waals surface area contributed by atoms with E-state index in [1.54, 1.807) is 25.2 Å². The standard InChI is InChI=1S/C15H17N3O4S/c1-16-15(19)13-8-12(9-18(13)2)23(20,21)17-11-3-4-14-10(7-11)5-6-22-14/h3-4,7-9,17H,5-6H2,1-2H3,(H,16,19). The number of benzene rings is 1. The minimum Gasteiger partial charge on any atom is -0.493 e. The molecule has 1 aliphatic heterocycles. The van der Waals surface area contributed by atoms with Gasteiger partial charge in [-0.15, -0.1) is 0 Å². The van der Waals surface area contributed by atoms with Crippen LogP contribution < -0.4 is 14.8 Å². The van der Waals surface area contributed by atoms with Gasteiger partial charge in [-0.25, -0.2) is 8.42 Å². The maximum atomic E-state index is 12.5. The summed E-state index contributed by atoms with van der Waals surface area (Å²) in [5.41, 5.74) is 1.72. The highest BCUT2D eigenvalue weighted by Crippen LogP contribution is 2.29. The van der Waals surface area contributed by atoms with Crippen molar-refractivity contribution in [3.63, 3.8) is 0 Å². The molecular weight excluding hydrogens is 318 g/mol. The van der Waals surface area contributed by atoms with Crippen LogP contribution in [0.4, 0.5) is 5.69 Å². The Morgan fingerprint density at radius 2 is 2.09 bits per heavy atom. The number of sulfonamides is 1. The average Bonchev–Trinajstić information content (AvgIpc) is 3.12. The van der Waals surface area contributed by atoms with E-state index < -0.39 is 10.0 Å². The molecule has 2 aromatic rings. The Kier molecular flexibility index (Phi) is 3.77. The van der Waals surface area contributed by atoms with Crippen LogP contribution in [0.25, 0.3) is 0 Å². The minimum atomic E-state index is -3.77. The molecule has 0 saturated carbocycles. The zero-order valence-electron chi connectivity index (χ0n) is 12.8. The number of ether oxygens (including phenoxy) is 1. The smallest absolute Gasteiger partial charge is 0.267 e. The normalized spacial score (nSPS) is 13.3. The molecule has 1 aromatic heterocycles. The van der Waals surface area contributed by atoms with Gasteiger partial charge in [0.05, 0.1) is 6.61 Å². The quantitative estimate of drug-likeness (QED) is 0.876. The number of carbonyl (C=O) groups is 1. The van der Waals surface area contributed by atoms with Crippen LogP contribution in [-0.4, -0.2) is 32.5 Å². The summed E-state index contributed by atoms with van der Waals surface area (Å²) in [5, 5.41) is 2.48. The molecule has 3 rings (SSSR count). The summed E-state index contributed by atoms with van der Waals surface area (Å²) < 4.78 is 34.4. The number of hydrogen-bond acceptors (Lipinski definition) is 4. The van der Waals surface area contributed by atoms with Crippen molar-refractivity contribution >= 4 is 21.6 Å². The largest absolute Gasteiger partial charge is 0.493 e. The Morgan fingerprint density at radius 1 is 1.30 bits per heavy atom. The molecule has 7 nitrogen and oxygen atoms in total. The Labute approximate surface area is 134 Å². The summed E-state index contributed by atoms with van der Waals surface area (Å²) in [6.07, 6.45) is 2.17. The van der Waals surface area contributed by atoms with Crippen molar-refractivity contribution in [3.8, 4) is 5.75 Å². The van der Waals surface area contributed by atoms with Crippen LogP contribution in [0.15, 0.2) is 35.4 Å². The molecule has 2 heterocycles. The second-order valence-electron chi connectivity index (χ2n) is 5.28. The van der Waals surface area contributed by atoms with E-state index in [0.29, 0.717) is 12.3 Å². The van der Waals surface area contributed by atoms with Crippen LogP contribution in [0.2, 0.25) is 0 Å².